The highest BCUT2D eigenvalue weighted by Gasteiger charge is 2.12. The molecule has 0 spiro atoms. The van der Waals surface area contributed by atoms with Crippen LogP contribution in [-0.4, -0.2) is 21.9 Å². The topological polar surface area (TPSA) is 52.0 Å². The van der Waals surface area contributed by atoms with Crippen molar-refractivity contribution in [2.45, 2.75) is 17.5 Å². The number of nitrogens with one attached hydrogen (secondary N) is 1. The SMILES string of the molecule is COc1ccc(NCc2nnc(SCc3c(F)cccc3Cl)n2C)cc1. The summed E-state index contributed by atoms with van der Waals surface area (Å²) in [5.41, 5.74) is 1.43. The smallest absolute Gasteiger partial charge is 0.191 e. The zero-order valence-electron chi connectivity index (χ0n) is 14.4. The molecule has 0 saturated carbocycles. The summed E-state index contributed by atoms with van der Waals surface area (Å²) < 4.78 is 20.9. The molecule has 1 aromatic heterocycles. The minimum absolute atomic E-state index is 0.312. The van der Waals surface area contributed by atoms with E-state index in [1.165, 1.54) is 17.8 Å². The molecule has 0 bridgehead atoms. The van der Waals surface area contributed by atoms with E-state index in [0.29, 0.717) is 28.0 Å². The molecule has 0 atom stereocenters. The average molecular weight is 393 g/mol. The van der Waals surface area contributed by atoms with Gasteiger partial charge in [0.15, 0.2) is 11.0 Å². The molecular weight excluding hydrogens is 375 g/mol. The molecule has 5 nitrogen and oxygen atoms in total. The maximum absolute atomic E-state index is 13.9. The number of ether oxygens (including phenoxy) is 1. The van der Waals surface area contributed by atoms with Crippen molar-refractivity contribution in [3.63, 3.8) is 0 Å². The number of aromatic nitrogens is 3. The molecule has 1 heterocycles. The molecule has 0 fully saturated rings. The van der Waals surface area contributed by atoms with Crippen LogP contribution in [0.2, 0.25) is 5.02 Å². The first-order chi connectivity index (χ1) is 12.6. The first-order valence-corrected chi connectivity index (χ1v) is 9.26. The minimum Gasteiger partial charge on any atom is -0.497 e. The highest BCUT2D eigenvalue weighted by Crippen LogP contribution is 2.27. The number of benzene rings is 2. The minimum atomic E-state index is -0.312. The van der Waals surface area contributed by atoms with Crippen molar-refractivity contribution in [3.8, 4) is 5.75 Å². The predicted molar refractivity (Wildman–Crippen MR) is 102 cm³/mol. The van der Waals surface area contributed by atoms with Gasteiger partial charge in [-0.1, -0.05) is 29.4 Å². The summed E-state index contributed by atoms with van der Waals surface area (Å²) in [6.07, 6.45) is 0. The van der Waals surface area contributed by atoms with E-state index in [2.05, 4.69) is 15.5 Å². The molecule has 0 radical (unpaired) electrons. The third-order valence-corrected chi connectivity index (χ3v) is 5.27. The lowest BCUT2D eigenvalue weighted by atomic mass is 10.2. The van der Waals surface area contributed by atoms with Crippen LogP contribution in [0.4, 0.5) is 10.1 Å². The van der Waals surface area contributed by atoms with E-state index in [0.717, 1.165) is 17.3 Å². The van der Waals surface area contributed by atoms with Gasteiger partial charge in [-0.05, 0) is 36.4 Å². The Labute approximate surface area is 160 Å². The van der Waals surface area contributed by atoms with E-state index in [4.69, 9.17) is 16.3 Å². The van der Waals surface area contributed by atoms with Gasteiger partial charge in [0.05, 0.1) is 13.7 Å². The van der Waals surface area contributed by atoms with Crippen LogP contribution in [0.25, 0.3) is 0 Å². The molecule has 26 heavy (non-hydrogen) atoms. The summed E-state index contributed by atoms with van der Waals surface area (Å²) in [7, 11) is 3.52. The number of rotatable bonds is 7. The number of nitrogens with zero attached hydrogens (tertiary/aromatic N) is 3. The van der Waals surface area contributed by atoms with E-state index in [1.54, 1.807) is 19.2 Å². The lowest BCUT2D eigenvalue weighted by molar-refractivity contribution is 0.415. The maximum atomic E-state index is 13.9. The van der Waals surface area contributed by atoms with Gasteiger partial charge >= 0.3 is 0 Å². The quantitative estimate of drug-likeness (QED) is 0.599. The number of hydrogen-bond acceptors (Lipinski definition) is 5. The molecule has 0 aliphatic carbocycles. The molecule has 3 aromatic rings. The van der Waals surface area contributed by atoms with Crippen molar-refractivity contribution in [3.05, 3.63) is 64.7 Å². The number of anilines is 1. The molecule has 0 aliphatic heterocycles. The Morgan fingerprint density at radius 1 is 1.19 bits per heavy atom. The van der Waals surface area contributed by atoms with Crippen LogP contribution in [0, 0.1) is 5.82 Å². The Bertz CT molecular complexity index is 865. The standard InChI is InChI=1S/C18H18ClFN4OS/c1-24-17(10-21-12-6-8-13(25-2)9-7-12)22-23-18(24)26-11-14-15(19)4-3-5-16(14)20/h3-9,21H,10-11H2,1-2H3. The molecule has 1 N–H and O–H groups in total. The largest absolute Gasteiger partial charge is 0.497 e. The summed E-state index contributed by atoms with van der Waals surface area (Å²) in [4.78, 5) is 0. The molecule has 0 aliphatic rings. The normalized spacial score (nSPS) is 10.8. The molecule has 136 valence electrons. The monoisotopic (exact) mass is 392 g/mol. The third-order valence-electron chi connectivity index (χ3n) is 3.87. The number of methoxy groups -OCH3 is 1. The highest BCUT2D eigenvalue weighted by molar-refractivity contribution is 7.98. The summed E-state index contributed by atoms with van der Waals surface area (Å²) in [6, 6.07) is 12.3. The maximum Gasteiger partial charge on any atom is 0.191 e. The number of halogens is 2. The average Bonchev–Trinajstić information content (AvgIpc) is 3.00. The van der Waals surface area contributed by atoms with Gasteiger partial charge < -0.3 is 14.6 Å². The Hall–Kier alpha value is -2.25. The van der Waals surface area contributed by atoms with E-state index >= 15 is 0 Å². The fraction of sp³-hybridized carbons (Fsp3) is 0.222. The summed E-state index contributed by atoms with van der Waals surface area (Å²) >= 11 is 7.46. The molecule has 0 unspecified atom stereocenters. The van der Waals surface area contributed by atoms with Gasteiger partial charge in [-0.2, -0.15) is 0 Å². The van der Waals surface area contributed by atoms with Crippen LogP contribution in [0.15, 0.2) is 47.6 Å². The zero-order valence-corrected chi connectivity index (χ0v) is 15.9. The van der Waals surface area contributed by atoms with Gasteiger partial charge in [-0.25, -0.2) is 4.39 Å². The second-order valence-corrected chi connectivity index (χ2v) is 6.88. The van der Waals surface area contributed by atoms with Crippen LogP contribution < -0.4 is 10.1 Å². The lowest BCUT2D eigenvalue weighted by Gasteiger charge is -2.08. The van der Waals surface area contributed by atoms with Crippen molar-refractivity contribution >= 4 is 29.1 Å². The summed E-state index contributed by atoms with van der Waals surface area (Å²) in [5, 5.41) is 12.8. The van der Waals surface area contributed by atoms with E-state index in [1.807, 2.05) is 35.9 Å². The second-order valence-electron chi connectivity index (χ2n) is 5.53. The first-order valence-electron chi connectivity index (χ1n) is 7.90. The van der Waals surface area contributed by atoms with Crippen molar-refractivity contribution in [1.82, 2.24) is 14.8 Å². The van der Waals surface area contributed by atoms with Gasteiger partial charge in [0, 0.05) is 29.1 Å². The van der Waals surface area contributed by atoms with Crippen LogP contribution in [0.1, 0.15) is 11.4 Å². The Kier molecular flexibility index (Phi) is 6.00. The highest BCUT2D eigenvalue weighted by atomic mass is 35.5. The first kappa shape index (κ1) is 18.5. The van der Waals surface area contributed by atoms with Gasteiger partial charge in [0.2, 0.25) is 0 Å². The fourth-order valence-corrected chi connectivity index (χ4v) is 3.60. The van der Waals surface area contributed by atoms with Crippen molar-refractivity contribution < 1.29 is 9.13 Å². The Morgan fingerprint density at radius 2 is 1.96 bits per heavy atom. The van der Waals surface area contributed by atoms with Gasteiger partial charge in [-0.15, -0.1) is 10.2 Å². The van der Waals surface area contributed by atoms with Crippen LogP contribution >= 0.6 is 23.4 Å². The summed E-state index contributed by atoms with van der Waals surface area (Å²) in [6.45, 7) is 0.525. The van der Waals surface area contributed by atoms with Crippen molar-refractivity contribution in [2.75, 3.05) is 12.4 Å². The summed E-state index contributed by atoms with van der Waals surface area (Å²) in [5.74, 6) is 1.67. The van der Waals surface area contributed by atoms with Crippen LogP contribution in [0.5, 0.6) is 5.75 Å². The Morgan fingerprint density at radius 3 is 2.65 bits per heavy atom. The lowest BCUT2D eigenvalue weighted by Crippen LogP contribution is -2.06. The Balaban J connectivity index is 1.62. The predicted octanol–water partition coefficient (Wildman–Crippen LogP) is 4.52. The fourth-order valence-electron chi connectivity index (χ4n) is 2.32. The molecular formula is C18H18ClFN4OS. The zero-order chi connectivity index (χ0) is 18.5. The van der Waals surface area contributed by atoms with Gasteiger partial charge in [0.25, 0.3) is 0 Å². The second kappa shape index (κ2) is 8.42. The van der Waals surface area contributed by atoms with Gasteiger partial charge in [0.1, 0.15) is 11.6 Å². The molecule has 3 rings (SSSR count). The number of thioether (sulfide) groups is 1. The molecule has 8 heteroatoms. The van der Waals surface area contributed by atoms with E-state index in [9.17, 15) is 4.39 Å². The molecule has 0 saturated heterocycles. The molecule has 0 amide bonds. The molecule has 2 aromatic carbocycles. The van der Waals surface area contributed by atoms with Crippen molar-refractivity contribution in [2.24, 2.45) is 7.05 Å². The van der Waals surface area contributed by atoms with E-state index < -0.39 is 0 Å². The van der Waals surface area contributed by atoms with Gasteiger partial charge in [-0.3, -0.25) is 0 Å². The van der Waals surface area contributed by atoms with Crippen LogP contribution in [-0.2, 0) is 19.3 Å². The number of hydrogen-bond donors (Lipinski definition) is 1. The van der Waals surface area contributed by atoms with Crippen LogP contribution in [0.3, 0.4) is 0 Å². The van der Waals surface area contributed by atoms with E-state index in [-0.39, 0.29) is 5.82 Å². The van der Waals surface area contributed by atoms with Crippen molar-refractivity contribution in [1.29, 1.82) is 0 Å². The third kappa shape index (κ3) is 4.28.